The number of rotatable bonds is 36. The average molecular weight is 1300 g/mol. The number of aryl methyl sites for hydroxylation is 8. The Morgan fingerprint density at radius 3 is 0.510 bits per heavy atom. The van der Waals surface area contributed by atoms with E-state index in [1.54, 1.807) is 0 Å². The highest BCUT2D eigenvalue weighted by atomic mass is 14.2. The molecule has 0 aromatic heterocycles. The molecule has 0 saturated carbocycles. The van der Waals surface area contributed by atoms with E-state index in [2.05, 4.69) is 260 Å². The largest absolute Gasteiger partial charge is 0.0654 e. The van der Waals surface area contributed by atoms with Crippen molar-refractivity contribution in [3.05, 3.63) is 245 Å². The Labute approximate surface area is 598 Å². The van der Waals surface area contributed by atoms with Crippen LogP contribution in [0.25, 0.3) is 0 Å². The van der Waals surface area contributed by atoms with Crippen LogP contribution in [0.3, 0.4) is 0 Å². The maximum atomic E-state index is 3.94. The van der Waals surface area contributed by atoms with Gasteiger partial charge in [-0.15, -0.1) is 0 Å². The normalized spacial score (nSPS) is 10.6. The molecule has 510 valence electrons. The van der Waals surface area contributed by atoms with Gasteiger partial charge in [0.15, 0.2) is 0 Å². The van der Waals surface area contributed by atoms with Crippen LogP contribution in [0.5, 0.6) is 0 Å². The van der Waals surface area contributed by atoms with E-state index >= 15 is 0 Å². The zero-order valence-corrected chi connectivity index (χ0v) is 62.2. The van der Waals surface area contributed by atoms with Crippen molar-refractivity contribution in [3.63, 3.8) is 0 Å². The first-order valence-electron chi connectivity index (χ1n) is 39.2. The molecule has 0 bridgehead atoms. The Morgan fingerprint density at radius 1 is 0.163 bits per heavy atom. The molecule has 0 aliphatic heterocycles. The maximum absolute atomic E-state index is 3.94. The summed E-state index contributed by atoms with van der Waals surface area (Å²) in [4.78, 5) is 0. The molecule has 7 rings (SSSR count). The lowest BCUT2D eigenvalue weighted by atomic mass is 9.90. The highest BCUT2D eigenvalue weighted by molar-refractivity contribution is 5.61. The predicted molar refractivity (Wildman–Crippen MR) is 425 cm³/mol. The zero-order valence-electron chi connectivity index (χ0n) is 62.2. The molecule has 0 fully saturated rings. The van der Waals surface area contributed by atoms with Gasteiger partial charge in [0.25, 0.3) is 0 Å². The Morgan fingerprint density at radius 2 is 0.327 bits per heavy atom. The minimum absolute atomic E-state index is 0.998. The van der Waals surface area contributed by atoms with Crippen LogP contribution < -0.4 is 0 Å². The van der Waals surface area contributed by atoms with E-state index in [0.29, 0.717) is 0 Å². The van der Waals surface area contributed by atoms with Crippen LogP contribution in [0, 0.1) is 71.0 Å². The van der Waals surface area contributed by atoms with E-state index in [-0.39, 0.29) is 0 Å². The summed E-state index contributed by atoms with van der Waals surface area (Å²) in [7, 11) is 0. The molecule has 7 aromatic carbocycles. The summed E-state index contributed by atoms with van der Waals surface area (Å²) >= 11 is 0. The summed E-state index contributed by atoms with van der Waals surface area (Å²) in [5.41, 5.74) is 23.9. The quantitative estimate of drug-likeness (QED) is 0.0271. The zero-order chi connectivity index (χ0) is 69.0. The first-order valence-corrected chi connectivity index (χ1v) is 39.2. The summed E-state index contributed by atoms with van der Waals surface area (Å²) in [5.74, 6) is 43.9. The molecular formula is C98H118. The van der Waals surface area contributed by atoms with Crippen molar-refractivity contribution in [3.8, 4) is 71.0 Å². The molecule has 7 aromatic rings. The molecule has 0 radical (unpaired) electrons. The van der Waals surface area contributed by atoms with Gasteiger partial charge in [0.1, 0.15) is 0 Å². The standard InChI is InChI=1S/C98H118/c1-9-17-25-31-39-87-75-95(89(41-33-27-19-11-3)73-93(87)67-65-85-61-57-83(58-62-85)55-53-81-49-45-79(46-50-81)37-23-15-7)69-71-97-77-92(44-36-30-22-14-6)98(78-91(97)43-35-29-21-13-5)72-70-96-76-88(40-32-26-18-10-2)94(74-90(96)42-34-28-20-12-4)68-66-86-63-59-84(60-64-86)56-54-82-51-47-80(48-52-82)38-24-16-8/h45-52,57-64,73-78H,9-44H2,1-8H3. The minimum Gasteiger partial charge on any atom is -0.0654 e. The second-order valence-electron chi connectivity index (χ2n) is 27.6. The van der Waals surface area contributed by atoms with E-state index in [4.69, 9.17) is 0 Å². The summed E-state index contributed by atoms with van der Waals surface area (Å²) < 4.78 is 0. The van der Waals surface area contributed by atoms with Crippen molar-refractivity contribution in [2.24, 2.45) is 0 Å². The summed E-state index contributed by atoms with van der Waals surface area (Å²) in [6.45, 7) is 18.3. The number of benzene rings is 7. The topological polar surface area (TPSA) is 0 Å². The van der Waals surface area contributed by atoms with Crippen LogP contribution in [0.1, 0.15) is 346 Å². The van der Waals surface area contributed by atoms with E-state index in [1.165, 1.54) is 208 Å². The fourth-order valence-corrected chi connectivity index (χ4v) is 12.8. The van der Waals surface area contributed by atoms with Crippen molar-refractivity contribution < 1.29 is 0 Å². The fraction of sp³-hybridized carbons (Fsp3) is 0.449. The van der Waals surface area contributed by atoms with Gasteiger partial charge in [-0.2, -0.15) is 0 Å². The molecule has 0 N–H and O–H groups in total. The van der Waals surface area contributed by atoms with Crippen molar-refractivity contribution >= 4 is 0 Å². The third-order valence-corrected chi connectivity index (χ3v) is 19.1. The molecule has 0 spiro atoms. The fourth-order valence-electron chi connectivity index (χ4n) is 12.8. The lowest BCUT2D eigenvalue weighted by Gasteiger charge is -2.14. The van der Waals surface area contributed by atoms with Gasteiger partial charge in [0.05, 0.1) is 0 Å². The van der Waals surface area contributed by atoms with Gasteiger partial charge in [0, 0.05) is 66.8 Å². The first kappa shape index (κ1) is 77.3. The summed E-state index contributed by atoms with van der Waals surface area (Å²) in [6, 6.07) is 49.2. The maximum Gasteiger partial charge on any atom is 0.0284 e. The molecule has 0 amide bonds. The molecule has 0 atom stereocenters. The highest BCUT2D eigenvalue weighted by Crippen LogP contribution is 2.27. The monoisotopic (exact) mass is 1290 g/mol. The van der Waals surface area contributed by atoms with E-state index < -0.39 is 0 Å². The van der Waals surface area contributed by atoms with Crippen LogP contribution in [0.15, 0.2) is 133 Å². The van der Waals surface area contributed by atoms with Gasteiger partial charge >= 0.3 is 0 Å². The number of hydrogen-bond donors (Lipinski definition) is 0. The molecule has 0 aliphatic rings. The third-order valence-electron chi connectivity index (χ3n) is 19.1. The highest BCUT2D eigenvalue weighted by Gasteiger charge is 2.14. The number of hydrogen-bond acceptors (Lipinski definition) is 0. The average Bonchev–Trinajstić information content (AvgIpc) is 0.822. The first-order chi connectivity index (χ1) is 48.3. The minimum atomic E-state index is 0.998. The third kappa shape index (κ3) is 28.0. The Hall–Kier alpha value is -8.10. The van der Waals surface area contributed by atoms with Crippen LogP contribution in [-0.4, -0.2) is 0 Å². The second-order valence-corrected chi connectivity index (χ2v) is 27.6. The second kappa shape index (κ2) is 46.2. The van der Waals surface area contributed by atoms with Gasteiger partial charge in [0.2, 0.25) is 0 Å². The van der Waals surface area contributed by atoms with E-state index in [1.807, 2.05) is 0 Å². The molecule has 0 nitrogen and oxygen atoms in total. The molecule has 0 unspecified atom stereocenters. The molecule has 0 saturated heterocycles. The van der Waals surface area contributed by atoms with Crippen LogP contribution >= 0.6 is 0 Å². The molecule has 0 aliphatic carbocycles. The van der Waals surface area contributed by atoms with Crippen molar-refractivity contribution in [2.45, 2.75) is 287 Å². The van der Waals surface area contributed by atoms with Crippen molar-refractivity contribution in [1.82, 2.24) is 0 Å². The van der Waals surface area contributed by atoms with Gasteiger partial charge in [-0.05, 0) is 256 Å². The van der Waals surface area contributed by atoms with Gasteiger partial charge in [-0.25, -0.2) is 0 Å². The van der Waals surface area contributed by atoms with Crippen LogP contribution in [0.2, 0.25) is 0 Å². The Bertz CT molecular complexity index is 3640. The SMILES string of the molecule is CCCCCCc1cc(C#Cc2cc(CCCCCC)c(C#Cc3cc(CCCCCC)c(C#Cc4ccc(C#Cc5ccc(CCCC)cc5)cc4)cc3CCCCCC)cc2CCCCCC)c(CCCCCC)cc1C#Cc1ccc(C#Cc2ccc(CCCC)cc2)cc1. The van der Waals surface area contributed by atoms with E-state index in [9.17, 15) is 0 Å². The van der Waals surface area contributed by atoms with Crippen molar-refractivity contribution in [1.29, 1.82) is 0 Å². The predicted octanol–water partition coefficient (Wildman–Crippen LogP) is 25.5. The summed E-state index contributed by atoms with van der Waals surface area (Å²) in [5, 5.41) is 0. The molecule has 0 heterocycles. The molecule has 0 heteroatoms. The summed E-state index contributed by atoms with van der Waals surface area (Å²) in [6.07, 6.45) is 42.0. The molecular weight excluding hydrogens is 1180 g/mol. The van der Waals surface area contributed by atoms with Crippen LogP contribution in [0.4, 0.5) is 0 Å². The molecule has 98 heavy (non-hydrogen) atoms. The lowest BCUT2D eigenvalue weighted by Crippen LogP contribution is -2.01. The van der Waals surface area contributed by atoms with Crippen molar-refractivity contribution in [2.75, 3.05) is 0 Å². The lowest BCUT2D eigenvalue weighted by molar-refractivity contribution is 0.662. The smallest absolute Gasteiger partial charge is 0.0284 e. The number of unbranched alkanes of at least 4 members (excludes halogenated alkanes) is 20. The van der Waals surface area contributed by atoms with E-state index in [0.717, 1.165) is 134 Å². The van der Waals surface area contributed by atoms with Gasteiger partial charge < -0.3 is 0 Å². The Balaban J connectivity index is 1.27. The Kier molecular flexibility index (Phi) is 36.4. The van der Waals surface area contributed by atoms with Crippen LogP contribution in [-0.2, 0) is 51.4 Å². The van der Waals surface area contributed by atoms with Gasteiger partial charge in [-0.1, -0.05) is 279 Å². The van der Waals surface area contributed by atoms with Gasteiger partial charge in [-0.3, -0.25) is 0 Å².